The molecule has 1 aromatic carbocycles. The van der Waals surface area contributed by atoms with Gasteiger partial charge in [0, 0.05) is 18.0 Å². The molecule has 8 heteroatoms. The molecule has 2 amide bonds. The molecule has 1 fully saturated rings. The molecule has 0 saturated heterocycles. The molecule has 0 bridgehead atoms. The maximum atomic E-state index is 13.5. The van der Waals surface area contributed by atoms with Gasteiger partial charge >= 0.3 is 0 Å². The van der Waals surface area contributed by atoms with Crippen LogP contribution in [0.5, 0.6) is 0 Å². The Hall–Kier alpha value is -3.00. The van der Waals surface area contributed by atoms with Gasteiger partial charge in [-0.25, -0.2) is 0 Å². The summed E-state index contributed by atoms with van der Waals surface area (Å²) >= 11 is 1.11. The summed E-state index contributed by atoms with van der Waals surface area (Å²) in [6, 6.07) is 10.7. The molecule has 31 heavy (non-hydrogen) atoms. The fourth-order valence-electron chi connectivity index (χ4n) is 3.95. The summed E-state index contributed by atoms with van der Waals surface area (Å²) in [5.74, 6) is 0.545. The third kappa shape index (κ3) is 5.02. The smallest absolute Gasteiger partial charge is 0.276 e. The third-order valence-electron chi connectivity index (χ3n) is 5.61. The van der Waals surface area contributed by atoms with E-state index in [1.165, 1.54) is 4.90 Å². The molecular formula is C23H26N4O3S. The van der Waals surface area contributed by atoms with Crippen LogP contribution in [0.1, 0.15) is 64.9 Å². The summed E-state index contributed by atoms with van der Waals surface area (Å²) in [4.78, 5) is 28.5. The van der Waals surface area contributed by atoms with Gasteiger partial charge in [0.15, 0.2) is 11.7 Å². The minimum atomic E-state index is -0.898. The van der Waals surface area contributed by atoms with Crippen molar-refractivity contribution in [2.75, 3.05) is 0 Å². The Kier molecular flexibility index (Phi) is 6.46. The standard InChI is InChI=1S/C23H26N4O3S/c1-15-7-10-17(11-8-15)13-27(23(29)19-14-31-26-25-19)21(20-12-9-16(2)30-20)22(28)24-18-5-3-4-6-18/h7-12,14,18,21H,3-6,13H2,1-2H3,(H,24,28)/t21-/m1/s1. The molecule has 1 aliphatic carbocycles. The van der Waals surface area contributed by atoms with Crippen LogP contribution in [-0.4, -0.2) is 32.3 Å². The zero-order chi connectivity index (χ0) is 21.8. The van der Waals surface area contributed by atoms with Crippen LogP contribution >= 0.6 is 11.5 Å². The summed E-state index contributed by atoms with van der Waals surface area (Å²) in [7, 11) is 0. The molecule has 2 aromatic heterocycles. The molecule has 162 valence electrons. The highest BCUT2D eigenvalue weighted by atomic mass is 32.1. The molecule has 3 aromatic rings. The van der Waals surface area contributed by atoms with E-state index in [0.717, 1.165) is 48.3 Å². The largest absolute Gasteiger partial charge is 0.464 e. The van der Waals surface area contributed by atoms with Gasteiger partial charge in [0.25, 0.3) is 11.8 Å². The van der Waals surface area contributed by atoms with E-state index in [9.17, 15) is 9.59 Å². The number of amides is 2. The van der Waals surface area contributed by atoms with Gasteiger partial charge in [0.05, 0.1) is 0 Å². The lowest BCUT2D eigenvalue weighted by Crippen LogP contribution is -2.45. The van der Waals surface area contributed by atoms with E-state index < -0.39 is 6.04 Å². The van der Waals surface area contributed by atoms with Crippen molar-refractivity contribution in [2.24, 2.45) is 0 Å². The minimum Gasteiger partial charge on any atom is -0.464 e. The first-order chi connectivity index (χ1) is 15.0. The van der Waals surface area contributed by atoms with Gasteiger partial charge in [-0.15, -0.1) is 5.10 Å². The summed E-state index contributed by atoms with van der Waals surface area (Å²) in [5.41, 5.74) is 2.27. The second-order valence-corrected chi connectivity index (χ2v) is 8.66. The van der Waals surface area contributed by atoms with Crippen LogP contribution in [0, 0.1) is 13.8 Å². The molecule has 1 N–H and O–H groups in total. The molecule has 1 atom stereocenters. The summed E-state index contributed by atoms with van der Waals surface area (Å²) in [6.07, 6.45) is 4.12. The highest BCUT2D eigenvalue weighted by Gasteiger charge is 2.36. The topological polar surface area (TPSA) is 88.3 Å². The van der Waals surface area contributed by atoms with Gasteiger partial charge in [-0.05, 0) is 55.9 Å². The summed E-state index contributed by atoms with van der Waals surface area (Å²) in [5, 5.41) is 8.69. The SMILES string of the molecule is Cc1ccc(CN(C(=O)c2csnn2)[C@@H](C(=O)NC2CCCC2)c2ccc(C)o2)cc1. The fraction of sp³-hybridized carbons (Fsp3) is 0.391. The van der Waals surface area contributed by atoms with Crippen molar-refractivity contribution in [2.45, 2.75) is 58.2 Å². The Labute approximate surface area is 185 Å². The number of nitrogens with one attached hydrogen (secondary N) is 1. The molecular weight excluding hydrogens is 412 g/mol. The normalized spacial score (nSPS) is 15.0. The molecule has 1 aliphatic rings. The quantitative estimate of drug-likeness (QED) is 0.598. The van der Waals surface area contributed by atoms with Crippen LogP contribution in [0.15, 0.2) is 46.2 Å². The number of aryl methyl sites for hydroxylation is 2. The van der Waals surface area contributed by atoms with E-state index in [2.05, 4.69) is 14.9 Å². The van der Waals surface area contributed by atoms with Crippen molar-refractivity contribution in [3.63, 3.8) is 0 Å². The van der Waals surface area contributed by atoms with Gasteiger partial charge in [-0.3, -0.25) is 9.59 Å². The first-order valence-corrected chi connectivity index (χ1v) is 11.3. The van der Waals surface area contributed by atoms with E-state index in [-0.39, 0.29) is 30.1 Å². The van der Waals surface area contributed by atoms with E-state index in [0.29, 0.717) is 11.5 Å². The molecule has 7 nitrogen and oxygen atoms in total. The van der Waals surface area contributed by atoms with Gasteiger partial charge in [-0.2, -0.15) is 0 Å². The average molecular weight is 439 g/mol. The van der Waals surface area contributed by atoms with Gasteiger partial charge in [-0.1, -0.05) is 47.2 Å². The first-order valence-electron chi connectivity index (χ1n) is 10.5. The van der Waals surface area contributed by atoms with Crippen LogP contribution in [0.25, 0.3) is 0 Å². The van der Waals surface area contributed by atoms with E-state index in [1.807, 2.05) is 44.2 Å². The predicted octanol–water partition coefficient (Wildman–Crippen LogP) is 4.19. The number of benzene rings is 1. The predicted molar refractivity (Wildman–Crippen MR) is 118 cm³/mol. The van der Waals surface area contributed by atoms with Crippen molar-refractivity contribution < 1.29 is 14.0 Å². The number of aromatic nitrogens is 2. The summed E-state index contributed by atoms with van der Waals surface area (Å²) in [6.45, 7) is 4.09. The first kappa shape index (κ1) is 21.2. The minimum absolute atomic E-state index is 0.128. The molecule has 1 saturated carbocycles. The Morgan fingerprint density at radius 1 is 1.16 bits per heavy atom. The monoisotopic (exact) mass is 438 g/mol. The number of carbonyl (C=O) groups excluding carboxylic acids is 2. The molecule has 2 heterocycles. The Bertz CT molecular complexity index is 1020. The van der Waals surface area contributed by atoms with Crippen LogP contribution < -0.4 is 5.32 Å². The zero-order valence-corrected chi connectivity index (χ0v) is 18.5. The van der Waals surface area contributed by atoms with Crippen molar-refractivity contribution in [3.8, 4) is 0 Å². The van der Waals surface area contributed by atoms with Crippen molar-refractivity contribution in [3.05, 3.63) is 70.1 Å². The second kappa shape index (κ2) is 9.43. The lowest BCUT2D eigenvalue weighted by Gasteiger charge is -2.30. The van der Waals surface area contributed by atoms with E-state index >= 15 is 0 Å². The second-order valence-electron chi connectivity index (χ2n) is 8.05. The summed E-state index contributed by atoms with van der Waals surface area (Å²) < 4.78 is 9.68. The highest BCUT2D eigenvalue weighted by molar-refractivity contribution is 7.03. The number of carbonyl (C=O) groups is 2. The zero-order valence-electron chi connectivity index (χ0n) is 17.7. The third-order valence-corrected chi connectivity index (χ3v) is 6.11. The van der Waals surface area contributed by atoms with Crippen molar-refractivity contribution in [1.82, 2.24) is 19.8 Å². The van der Waals surface area contributed by atoms with Crippen LogP contribution in [0.3, 0.4) is 0 Å². The Balaban J connectivity index is 1.71. The number of furan rings is 1. The lowest BCUT2D eigenvalue weighted by atomic mass is 10.1. The molecule has 0 unspecified atom stereocenters. The van der Waals surface area contributed by atoms with Crippen molar-refractivity contribution >= 4 is 23.3 Å². The van der Waals surface area contributed by atoms with Crippen molar-refractivity contribution in [1.29, 1.82) is 0 Å². The molecule has 4 rings (SSSR count). The van der Waals surface area contributed by atoms with Gasteiger partial charge in [0.2, 0.25) is 0 Å². The molecule has 0 aliphatic heterocycles. The maximum Gasteiger partial charge on any atom is 0.276 e. The number of rotatable bonds is 7. The Morgan fingerprint density at radius 3 is 2.52 bits per heavy atom. The van der Waals surface area contributed by atoms with Gasteiger partial charge in [0.1, 0.15) is 11.5 Å². The average Bonchev–Trinajstić information content (AvgIpc) is 3.52. The number of hydrogen-bond acceptors (Lipinski definition) is 6. The van der Waals surface area contributed by atoms with E-state index in [1.54, 1.807) is 11.4 Å². The number of nitrogens with zero attached hydrogens (tertiary/aromatic N) is 3. The molecule has 0 radical (unpaired) electrons. The van der Waals surface area contributed by atoms with E-state index in [4.69, 9.17) is 4.42 Å². The van der Waals surface area contributed by atoms with Crippen LogP contribution in [0.4, 0.5) is 0 Å². The highest BCUT2D eigenvalue weighted by Crippen LogP contribution is 2.28. The maximum absolute atomic E-state index is 13.5. The number of hydrogen-bond donors (Lipinski definition) is 1. The molecule has 0 spiro atoms. The Morgan fingerprint density at radius 2 is 1.90 bits per heavy atom. The van der Waals surface area contributed by atoms with Crippen LogP contribution in [0.2, 0.25) is 0 Å². The van der Waals surface area contributed by atoms with Crippen LogP contribution in [-0.2, 0) is 11.3 Å². The van der Waals surface area contributed by atoms with Gasteiger partial charge < -0.3 is 14.6 Å². The fourth-order valence-corrected chi connectivity index (χ4v) is 4.38. The lowest BCUT2D eigenvalue weighted by molar-refractivity contribution is -0.127.